The first-order valence-electron chi connectivity index (χ1n) is 3.60. The summed E-state index contributed by atoms with van der Waals surface area (Å²) in [5.41, 5.74) is 0. The Labute approximate surface area is 66.0 Å². The van der Waals surface area contributed by atoms with E-state index in [1.54, 1.807) is 0 Å². The molecule has 0 heterocycles. The van der Waals surface area contributed by atoms with Crippen molar-refractivity contribution in [2.75, 3.05) is 13.2 Å². The van der Waals surface area contributed by atoms with Crippen LogP contribution in [-0.4, -0.2) is 19.4 Å². The maximum absolute atomic E-state index is 10.5. The van der Waals surface area contributed by atoms with Gasteiger partial charge >= 0.3 is 6.16 Å². The van der Waals surface area contributed by atoms with Crippen LogP contribution in [0.2, 0.25) is 0 Å². The largest absolute Gasteiger partial charge is 0.508 e. The quantitative estimate of drug-likeness (QED) is 0.600. The van der Waals surface area contributed by atoms with Crippen LogP contribution < -0.4 is 0 Å². The minimum atomic E-state index is -0.552. The van der Waals surface area contributed by atoms with Crippen LogP contribution in [0.4, 0.5) is 9.50 Å². The molecule has 4 heteroatoms. The van der Waals surface area contributed by atoms with E-state index in [-0.39, 0.29) is 4.70 Å². The van der Waals surface area contributed by atoms with E-state index in [0.29, 0.717) is 13.2 Å². The van der Waals surface area contributed by atoms with Gasteiger partial charge < -0.3 is 9.47 Å². The van der Waals surface area contributed by atoms with E-state index in [1.807, 2.05) is 13.8 Å². The lowest BCUT2D eigenvalue weighted by Crippen LogP contribution is -2.08. The van der Waals surface area contributed by atoms with Gasteiger partial charge in [0.15, 0.2) is 0 Å². The molecule has 0 radical (unpaired) electrons. The van der Waals surface area contributed by atoms with Crippen molar-refractivity contribution in [2.24, 2.45) is 0 Å². The third-order valence-corrected chi connectivity index (χ3v) is 0.848. The van der Waals surface area contributed by atoms with E-state index in [4.69, 9.17) is 0 Å². The average Bonchev–Trinajstić information content (AvgIpc) is 1.97. The van der Waals surface area contributed by atoms with Gasteiger partial charge in [-0.05, 0) is 12.8 Å². The van der Waals surface area contributed by atoms with E-state index >= 15 is 0 Å². The first kappa shape index (κ1) is 12.8. The molecular formula is C7H15FO3. The summed E-state index contributed by atoms with van der Waals surface area (Å²) >= 11 is 0. The Bertz CT molecular complexity index is 85.7. The molecule has 0 unspecified atom stereocenters. The van der Waals surface area contributed by atoms with Gasteiger partial charge in [0.1, 0.15) is 0 Å². The Morgan fingerprint density at radius 2 is 1.45 bits per heavy atom. The number of carbonyl (C=O) groups is 1. The normalized spacial score (nSPS) is 8.18. The molecule has 0 N–H and O–H groups in total. The second-order valence-corrected chi connectivity index (χ2v) is 1.95. The van der Waals surface area contributed by atoms with Gasteiger partial charge in [-0.15, -0.1) is 0 Å². The summed E-state index contributed by atoms with van der Waals surface area (Å²) in [6.45, 7) is 4.77. The molecule has 0 bridgehead atoms. The van der Waals surface area contributed by atoms with Crippen molar-refractivity contribution in [1.29, 1.82) is 0 Å². The predicted molar refractivity (Wildman–Crippen MR) is 40.4 cm³/mol. The second kappa shape index (κ2) is 9.20. The number of hydrogen-bond acceptors (Lipinski definition) is 3. The van der Waals surface area contributed by atoms with Gasteiger partial charge in [0.25, 0.3) is 0 Å². The molecule has 11 heavy (non-hydrogen) atoms. The predicted octanol–water partition coefficient (Wildman–Crippen LogP) is 2.11. The third kappa shape index (κ3) is 9.20. The van der Waals surface area contributed by atoms with Crippen molar-refractivity contribution in [1.82, 2.24) is 0 Å². The highest BCUT2D eigenvalue weighted by atomic mass is 19.0. The lowest BCUT2D eigenvalue weighted by atomic mass is 10.5. The maximum atomic E-state index is 10.5. The molecule has 0 amide bonds. The van der Waals surface area contributed by atoms with Crippen molar-refractivity contribution in [2.45, 2.75) is 26.7 Å². The van der Waals surface area contributed by atoms with E-state index in [2.05, 4.69) is 9.47 Å². The molecule has 0 spiro atoms. The number of halogens is 1. The molecule has 0 aromatic carbocycles. The lowest BCUT2D eigenvalue weighted by molar-refractivity contribution is 0.0555. The fraction of sp³-hybridized carbons (Fsp3) is 0.857. The zero-order chi connectivity index (χ0) is 7.82. The standard InChI is InChI=1S/C7H14O3.FH/c1-3-5-9-7(8)10-6-4-2;/h3-6H2,1-2H3;1H. The van der Waals surface area contributed by atoms with Crippen LogP contribution in [0, 0.1) is 0 Å². The Kier molecular flexibility index (Phi) is 10.7. The number of carbonyl (C=O) groups excluding carboxylic acids is 1. The van der Waals surface area contributed by atoms with Crippen LogP contribution in [0.15, 0.2) is 0 Å². The van der Waals surface area contributed by atoms with Crippen LogP contribution >= 0.6 is 0 Å². The summed E-state index contributed by atoms with van der Waals surface area (Å²) in [7, 11) is 0. The highest BCUT2D eigenvalue weighted by molar-refractivity contribution is 5.59. The van der Waals surface area contributed by atoms with Gasteiger partial charge in [0, 0.05) is 0 Å². The topological polar surface area (TPSA) is 35.5 Å². The van der Waals surface area contributed by atoms with E-state index in [9.17, 15) is 4.79 Å². The molecule has 0 fully saturated rings. The van der Waals surface area contributed by atoms with Gasteiger partial charge in [-0.1, -0.05) is 13.8 Å². The fourth-order valence-electron chi connectivity index (χ4n) is 0.412. The summed E-state index contributed by atoms with van der Waals surface area (Å²) < 4.78 is 9.26. The lowest BCUT2D eigenvalue weighted by Gasteiger charge is -2.02. The summed E-state index contributed by atoms with van der Waals surface area (Å²) in [6.07, 6.45) is 1.12. The molecule has 0 rings (SSSR count). The number of ether oxygens (including phenoxy) is 2. The van der Waals surface area contributed by atoms with Crippen molar-refractivity contribution in [3.8, 4) is 0 Å². The molecular weight excluding hydrogens is 151 g/mol. The van der Waals surface area contributed by atoms with E-state index in [1.165, 1.54) is 0 Å². The zero-order valence-electron chi connectivity index (χ0n) is 6.96. The Hall–Kier alpha value is -0.800. The van der Waals surface area contributed by atoms with Crippen molar-refractivity contribution >= 4 is 6.16 Å². The SMILES string of the molecule is CCCOC(=O)OCCC.F. The van der Waals surface area contributed by atoms with Gasteiger partial charge in [-0.25, -0.2) is 4.79 Å². The molecule has 0 saturated heterocycles. The van der Waals surface area contributed by atoms with Crippen LogP contribution in [0.5, 0.6) is 0 Å². The molecule has 68 valence electrons. The van der Waals surface area contributed by atoms with Gasteiger partial charge in [-0.2, -0.15) is 0 Å². The molecule has 0 aliphatic carbocycles. The maximum Gasteiger partial charge on any atom is 0.508 e. The Balaban J connectivity index is 0. The third-order valence-electron chi connectivity index (χ3n) is 0.848. The Morgan fingerprint density at radius 3 is 1.73 bits per heavy atom. The van der Waals surface area contributed by atoms with Gasteiger partial charge in [-0.3, -0.25) is 4.70 Å². The van der Waals surface area contributed by atoms with Crippen LogP contribution in [-0.2, 0) is 9.47 Å². The number of hydrogen-bond donors (Lipinski definition) is 0. The fourth-order valence-corrected chi connectivity index (χ4v) is 0.412. The molecule has 3 nitrogen and oxygen atoms in total. The van der Waals surface area contributed by atoms with Crippen LogP contribution in [0.1, 0.15) is 26.7 Å². The van der Waals surface area contributed by atoms with Gasteiger partial charge in [0.2, 0.25) is 0 Å². The summed E-state index contributed by atoms with van der Waals surface area (Å²) in [6, 6.07) is 0. The van der Waals surface area contributed by atoms with E-state index in [0.717, 1.165) is 12.8 Å². The van der Waals surface area contributed by atoms with Crippen molar-refractivity contribution in [3.05, 3.63) is 0 Å². The molecule has 0 atom stereocenters. The van der Waals surface area contributed by atoms with Crippen molar-refractivity contribution < 1.29 is 19.0 Å². The molecule has 0 aliphatic heterocycles. The van der Waals surface area contributed by atoms with Gasteiger partial charge in [0.05, 0.1) is 13.2 Å². The average molecular weight is 166 g/mol. The first-order valence-corrected chi connectivity index (χ1v) is 3.60. The second-order valence-electron chi connectivity index (χ2n) is 1.95. The highest BCUT2D eigenvalue weighted by Gasteiger charge is 1.99. The summed E-state index contributed by atoms with van der Waals surface area (Å²) in [5.74, 6) is 0. The summed E-state index contributed by atoms with van der Waals surface area (Å²) in [5, 5.41) is 0. The zero-order valence-corrected chi connectivity index (χ0v) is 6.96. The van der Waals surface area contributed by atoms with Crippen molar-refractivity contribution in [3.63, 3.8) is 0 Å². The van der Waals surface area contributed by atoms with Crippen LogP contribution in [0.25, 0.3) is 0 Å². The van der Waals surface area contributed by atoms with E-state index < -0.39 is 6.16 Å². The first-order chi connectivity index (χ1) is 4.81. The molecule has 0 aromatic rings. The highest BCUT2D eigenvalue weighted by Crippen LogP contribution is 1.88. The molecule has 0 saturated carbocycles. The van der Waals surface area contributed by atoms with Crippen LogP contribution in [0.3, 0.4) is 0 Å². The molecule has 0 aromatic heterocycles. The monoisotopic (exact) mass is 166 g/mol. The Morgan fingerprint density at radius 1 is 1.09 bits per heavy atom. The smallest absolute Gasteiger partial charge is 0.434 e. The molecule has 0 aliphatic rings. The minimum absolute atomic E-state index is 0. The minimum Gasteiger partial charge on any atom is -0.434 e. The summed E-state index contributed by atoms with van der Waals surface area (Å²) in [4.78, 5) is 10.5. The number of rotatable bonds is 4.